The lowest BCUT2D eigenvalue weighted by Gasteiger charge is -2.36. The van der Waals surface area contributed by atoms with Gasteiger partial charge in [-0.15, -0.1) is 0 Å². The van der Waals surface area contributed by atoms with Gasteiger partial charge in [0.1, 0.15) is 24.7 Å². The molecule has 300 valence electrons. The number of fused-ring (bicyclic) bond motifs is 4. The minimum atomic E-state index is -0.904. The maximum atomic E-state index is 13.3. The number of rotatable bonds is 8. The monoisotopic (exact) mass is 770 g/mol. The Bertz CT molecular complexity index is 1750. The Morgan fingerprint density at radius 3 is 1.43 bits per heavy atom. The van der Waals surface area contributed by atoms with Crippen LogP contribution >= 0.6 is 0 Å². The van der Waals surface area contributed by atoms with Gasteiger partial charge < -0.3 is 38.0 Å². The number of nitrogens with zero attached hydrogens (tertiary/aromatic N) is 2. The number of cyclic esters (lactones) is 2. The van der Waals surface area contributed by atoms with Gasteiger partial charge in [-0.05, 0) is 50.3 Å². The lowest BCUT2D eigenvalue weighted by atomic mass is 9.79. The summed E-state index contributed by atoms with van der Waals surface area (Å²) >= 11 is 0. The Morgan fingerprint density at radius 2 is 1.07 bits per heavy atom. The predicted molar refractivity (Wildman–Crippen MR) is 211 cm³/mol. The van der Waals surface area contributed by atoms with E-state index in [1.54, 1.807) is 86.8 Å². The fourth-order valence-corrected chi connectivity index (χ4v) is 5.43. The maximum Gasteiger partial charge on any atom is 0.360 e. The van der Waals surface area contributed by atoms with Crippen molar-refractivity contribution in [1.29, 1.82) is 0 Å². The molecule has 0 aliphatic carbocycles. The summed E-state index contributed by atoms with van der Waals surface area (Å²) in [6, 6.07) is 0. The van der Waals surface area contributed by atoms with Crippen molar-refractivity contribution in [1.82, 2.24) is 9.97 Å². The van der Waals surface area contributed by atoms with E-state index in [4.69, 9.17) is 27.8 Å². The molecule has 0 saturated heterocycles. The molecule has 2 aromatic heterocycles. The van der Waals surface area contributed by atoms with E-state index < -0.39 is 59.4 Å². The van der Waals surface area contributed by atoms with Crippen LogP contribution in [0, 0.1) is 34.5 Å². The van der Waals surface area contributed by atoms with Crippen LogP contribution in [-0.4, -0.2) is 83.0 Å². The van der Waals surface area contributed by atoms with Gasteiger partial charge in [-0.25, -0.2) is 19.6 Å². The van der Waals surface area contributed by atoms with E-state index >= 15 is 0 Å². The molecule has 2 N–H and O–H groups in total. The number of hydrogen-bond donors (Lipinski definition) is 2. The van der Waals surface area contributed by atoms with E-state index in [9.17, 15) is 19.8 Å². The average molecular weight is 771 g/mol. The third-order valence-electron chi connectivity index (χ3n) is 9.37. The highest BCUT2D eigenvalue weighted by Gasteiger charge is 2.39. The van der Waals surface area contributed by atoms with Crippen molar-refractivity contribution in [2.75, 3.05) is 14.2 Å². The molecule has 1 aliphatic rings. The summed E-state index contributed by atoms with van der Waals surface area (Å²) in [6.07, 6.45) is 19.5. The van der Waals surface area contributed by atoms with Gasteiger partial charge in [-0.3, -0.25) is 0 Å². The lowest BCUT2D eigenvalue weighted by Crippen LogP contribution is -2.42. The number of aliphatic hydroxyl groups excluding tert-OH is 2. The molecule has 0 fully saturated rings. The highest BCUT2D eigenvalue weighted by Crippen LogP contribution is 2.33. The molecule has 3 rings (SSSR count). The minimum absolute atomic E-state index is 0.0160. The molecule has 0 saturated carbocycles. The third kappa shape index (κ3) is 13.5. The normalized spacial score (nSPS) is 24.4. The molecule has 0 radical (unpaired) electrons. The van der Waals surface area contributed by atoms with Crippen LogP contribution in [0.4, 0.5) is 0 Å². The highest BCUT2D eigenvalue weighted by atomic mass is 16.6. The van der Waals surface area contributed by atoms with Crippen molar-refractivity contribution in [2.24, 2.45) is 10.8 Å². The Hall–Kier alpha value is -5.24. The number of aromatic nitrogens is 2. The van der Waals surface area contributed by atoms with Crippen molar-refractivity contribution in [3.05, 3.63) is 109 Å². The third-order valence-corrected chi connectivity index (χ3v) is 9.37. The van der Waals surface area contributed by atoms with Crippen molar-refractivity contribution in [2.45, 2.75) is 104 Å². The van der Waals surface area contributed by atoms with Gasteiger partial charge in [0.2, 0.25) is 0 Å². The van der Waals surface area contributed by atoms with E-state index in [-0.39, 0.29) is 48.9 Å². The summed E-state index contributed by atoms with van der Waals surface area (Å²) in [5.41, 5.74) is -1.78. The van der Waals surface area contributed by atoms with Crippen LogP contribution in [0.3, 0.4) is 0 Å². The molecule has 0 aromatic carbocycles. The molecule has 3 heterocycles. The number of carbonyl (C=O) groups is 2. The molecule has 12 heteroatoms. The van der Waals surface area contributed by atoms with Crippen molar-refractivity contribution >= 4 is 11.9 Å². The van der Waals surface area contributed by atoms with Crippen LogP contribution in [0.2, 0.25) is 0 Å². The van der Waals surface area contributed by atoms with Gasteiger partial charge in [0.05, 0.1) is 37.3 Å². The van der Waals surface area contributed by atoms with E-state index in [0.29, 0.717) is 0 Å². The first-order valence-electron chi connectivity index (χ1n) is 18.4. The van der Waals surface area contributed by atoms with E-state index in [1.807, 2.05) is 27.7 Å². The van der Waals surface area contributed by atoms with Gasteiger partial charge >= 0.3 is 11.9 Å². The first kappa shape index (κ1) is 45.2. The average Bonchev–Trinajstić information content (AvgIpc) is 3.85. The number of esters is 2. The van der Waals surface area contributed by atoms with Gasteiger partial charge in [-0.2, -0.15) is 0 Å². The highest BCUT2D eigenvalue weighted by molar-refractivity contribution is 5.87. The number of aliphatic hydroxyl groups is 2. The number of methoxy groups -OCH3 is 2. The second-order valence-electron chi connectivity index (χ2n) is 14.2. The summed E-state index contributed by atoms with van der Waals surface area (Å²) in [5, 5.41) is 21.8. The largest absolute Gasteiger partial charge is 0.457 e. The van der Waals surface area contributed by atoms with Crippen LogP contribution in [-0.2, 0) is 31.8 Å². The van der Waals surface area contributed by atoms with Crippen LogP contribution in [0.1, 0.15) is 87.1 Å². The fraction of sp³-hybridized carbons (Fsp3) is 0.455. The van der Waals surface area contributed by atoms with Crippen LogP contribution in [0.15, 0.2) is 94.3 Å². The standard InChI is InChI=1S/C44H54N2O10/c1-9-21-35(47)43(3,4)37-25-19-15-11-13-17-23-32(52-8)28-40-46-34(30-54-40)42(50)56-38(44(5,6)36(48)22-10-2)26-20-16-12-14-18-24-31(51-7)27-39-45-33(29-53-39)41(49)55-37/h9-10,15-24,29-32,35-38,47-48H,25-28H2,1-8H3/b19-15-,20-16-,21-9+,22-10+,23-17+,24-18+/t31-,32-,35-,36-,37-,38-/m0/s1. The maximum absolute atomic E-state index is 13.3. The molecule has 0 spiro atoms. The van der Waals surface area contributed by atoms with Gasteiger partial charge in [0.25, 0.3) is 0 Å². The smallest absolute Gasteiger partial charge is 0.360 e. The number of ether oxygens (including phenoxy) is 4. The van der Waals surface area contributed by atoms with Gasteiger partial charge in [0, 0.05) is 37.9 Å². The van der Waals surface area contributed by atoms with Crippen molar-refractivity contribution in [3.63, 3.8) is 0 Å². The van der Waals surface area contributed by atoms with Crippen LogP contribution in [0.5, 0.6) is 0 Å². The Morgan fingerprint density at radius 1 is 0.696 bits per heavy atom. The predicted octanol–water partition coefficient (Wildman–Crippen LogP) is 6.48. The Labute approximate surface area is 330 Å². The number of allylic oxidation sites excluding steroid dienone is 6. The zero-order valence-electron chi connectivity index (χ0n) is 33.4. The number of carbonyl (C=O) groups excluding carboxylic acids is 2. The Kier molecular flexibility index (Phi) is 18.0. The second kappa shape index (κ2) is 22.3. The van der Waals surface area contributed by atoms with Gasteiger partial charge in [0.15, 0.2) is 23.2 Å². The molecule has 12 nitrogen and oxygen atoms in total. The summed E-state index contributed by atoms with van der Waals surface area (Å²) in [4.78, 5) is 35.2. The molecule has 0 amide bonds. The summed E-state index contributed by atoms with van der Waals surface area (Å²) in [7, 11) is 3.07. The summed E-state index contributed by atoms with van der Waals surface area (Å²) < 4.78 is 34.1. The molecule has 1 aliphatic heterocycles. The first-order chi connectivity index (χ1) is 26.8. The Balaban J connectivity index is 1.95. The summed E-state index contributed by atoms with van der Waals surface area (Å²) in [5.74, 6) is 10.8. The zero-order valence-corrected chi connectivity index (χ0v) is 33.4. The molecule has 6 atom stereocenters. The van der Waals surface area contributed by atoms with Gasteiger partial charge in [-0.1, -0.05) is 87.8 Å². The van der Waals surface area contributed by atoms with E-state index in [2.05, 4.69) is 33.6 Å². The quantitative estimate of drug-likeness (QED) is 0.171. The lowest BCUT2D eigenvalue weighted by molar-refractivity contribution is -0.0461. The molecule has 4 bridgehead atoms. The molecular formula is C44H54N2O10. The summed E-state index contributed by atoms with van der Waals surface area (Å²) in [6.45, 7) is 10.8. The van der Waals surface area contributed by atoms with Crippen LogP contribution < -0.4 is 0 Å². The topological polar surface area (TPSA) is 164 Å². The van der Waals surface area contributed by atoms with E-state index in [0.717, 1.165) is 0 Å². The molecule has 2 aromatic rings. The molecule has 56 heavy (non-hydrogen) atoms. The number of oxazole rings is 2. The van der Waals surface area contributed by atoms with E-state index in [1.165, 1.54) is 26.7 Å². The second-order valence-corrected chi connectivity index (χ2v) is 14.2. The SMILES string of the molecule is C/C=C/[C@H](O)C(C)(C)[C@@H]1C/C=C\C#C/C=C/[C@H](OC)Cc2nc(co2)C(=O)O[C@H](C(C)(C)[C@@H](O)/C=C/C)C/C=C\C#C/C=C/[C@H](OC)Cc2nc(co2)C(=O)O1. The zero-order chi connectivity index (χ0) is 41.1. The first-order valence-corrected chi connectivity index (χ1v) is 18.4. The van der Waals surface area contributed by atoms with Crippen LogP contribution in [0.25, 0.3) is 0 Å². The minimum Gasteiger partial charge on any atom is -0.457 e. The number of hydrogen-bond acceptors (Lipinski definition) is 12. The van der Waals surface area contributed by atoms with Crippen molar-refractivity contribution in [3.8, 4) is 23.7 Å². The molecular weight excluding hydrogens is 716 g/mol. The van der Waals surface area contributed by atoms with Crippen molar-refractivity contribution < 1.29 is 47.6 Å². The molecule has 0 unspecified atom stereocenters. The fourth-order valence-electron chi connectivity index (χ4n) is 5.43.